The summed E-state index contributed by atoms with van der Waals surface area (Å²) in [5.74, 6) is 0.682. The summed E-state index contributed by atoms with van der Waals surface area (Å²) in [6, 6.07) is 11.6. The van der Waals surface area contributed by atoms with Crippen molar-refractivity contribution in [3.05, 3.63) is 55.0 Å². The number of rotatable bonds is 1. The van der Waals surface area contributed by atoms with Crippen LogP contribution in [0.25, 0.3) is 22.3 Å². The predicted octanol–water partition coefficient (Wildman–Crippen LogP) is 2.49. The van der Waals surface area contributed by atoms with Crippen molar-refractivity contribution in [3.63, 3.8) is 0 Å². The number of aromatic nitrogens is 3. The summed E-state index contributed by atoms with van der Waals surface area (Å²) in [5.41, 5.74) is 1.94. The molecule has 3 rings (SSSR count). The molecule has 16 heavy (non-hydrogen) atoms. The highest BCUT2D eigenvalue weighted by atomic mass is 14.9. The molecule has 0 fully saturated rings. The van der Waals surface area contributed by atoms with E-state index < -0.39 is 0 Å². The van der Waals surface area contributed by atoms with E-state index in [1.54, 1.807) is 18.5 Å². The second-order valence-electron chi connectivity index (χ2n) is 3.39. The molecule has 0 saturated carbocycles. The Morgan fingerprint density at radius 1 is 0.938 bits per heavy atom. The first kappa shape index (κ1) is 8.97. The van der Waals surface area contributed by atoms with Gasteiger partial charge in [0.2, 0.25) is 0 Å². The van der Waals surface area contributed by atoms with E-state index in [9.17, 15) is 0 Å². The molecule has 75 valence electrons. The summed E-state index contributed by atoms with van der Waals surface area (Å²) in [6.07, 6.45) is 6.27. The summed E-state index contributed by atoms with van der Waals surface area (Å²) >= 11 is 0. The maximum absolute atomic E-state index is 4.30. The van der Waals surface area contributed by atoms with Gasteiger partial charge in [0.15, 0.2) is 5.82 Å². The first-order chi connectivity index (χ1) is 7.95. The Bertz CT molecular complexity index is 615. The van der Waals surface area contributed by atoms with E-state index in [0.29, 0.717) is 5.82 Å². The average Bonchev–Trinajstić information content (AvgIpc) is 2.39. The molecule has 2 aromatic heterocycles. The van der Waals surface area contributed by atoms with Crippen molar-refractivity contribution in [3.8, 4) is 11.4 Å². The molecule has 0 aliphatic rings. The smallest absolute Gasteiger partial charge is 0.160 e. The number of benzene rings is 1. The van der Waals surface area contributed by atoms with Crippen molar-refractivity contribution in [1.82, 2.24) is 15.0 Å². The Kier molecular flexibility index (Phi) is 2.07. The zero-order chi connectivity index (χ0) is 10.8. The van der Waals surface area contributed by atoms with Crippen LogP contribution >= 0.6 is 0 Å². The van der Waals surface area contributed by atoms with Crippen LogP contribution in [0.15, 0.2) is 48.8 Å². The maximum Gasteiger partial charge on any atom is 0.160 e. The van der Waals surface area contributed by atoms with Crippen LogP contribution < -0.4 is 0 Å². The Labute approximate surface area is 92.8 Å². The van der Waals surface area contributed by atoms with Crippen molar-refractivity contribution in [2.45, 2.75) is 0 Å². The zero-order valence-corrected chi connectivity index (χ0v) is 8.46. The molecule has 0 aliphatic heterocycles. The molecule has 3 nitrogen and oxygen atoms in total. The molecule has 0 atom stereocenters. The minimum Gasteiger partial charge on any atom is -0.256 e. The van der Waals surface area contributed by atoms with Crippen LogP contribution in [0.5, 0.6) is 0 Å². The van der Waals surface area contributed by atoms with Gasteiger partial charge in [-0.05, 0) is 18.2 Å². The number of hydrogen-bond acceptors (Lipinski definition) is 3. The molecule has 0 spiro atoms. The lowest BCUT2D eigenvalue weighted by atomic mass is 10.1. The standard InChI is InChI=1S/C13H8N3/c1-4-11(13-15-8-3-9-16-13)10-5-2-7-14-12(10)6-1/h1-8H. The lowest BCUT2D eigenvalue weighted by Crippen LogP contribution is -1.89. The lowest BCUT2D eigenvalue weighted by Gasteiger charge is -2.03. The van der Waals surface area contributed by atoms with Gasteiger partial charge in [0.25, 0.3) is 0 Å². The number of nitrogens with zero attached hydrogens (tertiary/aromatic N) is 3. The van der Waals surface area contributed by atoms with Crippen LogP contribution in [-0.2, 0) is 0 Å². The molecular formula is C13H8N3. The molecule has 0 amide bonds. The normalized spacial score (nSPS) is 10.5. The summed E-state index contributed by atoms with van der Waals surface area (Å²) in [7, 11) is 0. The Morgan fingerprint density at radius 2 is 1.94 bits per heavy atom. The van der Waals surface area contributed by atoms with E-state index in [0.717, 1.165) is 16.5 Å². The summed E-state index contributed by atoms with van der Waals surface area (Å²) in [4.78, 5) is 12.7. The third kappa shape index (κ3) is 1.42. The third-order valence-corrected chi connectivity index (χ3v) is 2.40. The average molecular weight is 206 g/mol. The summed E-state index contributed by atoms with van der Waals surface area (Å²) in [6.45, 7) is 0. The molecule has 2 heterocycles. The van der Waals surface area contributed by atoms with E-state index in [1.807, 2.05) is 30.3 Å². The van der Waals surface area contributed by atoms with Crippen LogP contribution in [0.3, 0.4) is 0 Å². The largest absolute Gasteiger partial charge is 0.256 e. The van der Waals surface area contributed by atoms with Crippen molar-refractivity contribution < 1.29 is 0 Å². The molecule has 3 heteroatoms. The van der Waals surface area contributed by atoms with E-state index in [-0.39, 0.29) is 0 Å². The molecule has 0 bridgehead atoms. The van der Waals surface area contributed by atoms with Gasteiger partial charge in [-0.15, -0.1) is 0 Å². The SMILES string of the molecule is [c]1ccnc(-c2cccc3ncccc23)n1. The fourth-order valence-electron chi connectivity index (χ4n) is 1.70. The highest BCUT2D eigenvalue weighted by molar-refractivity contribution is 5.92. The second-order valence-corrected chi connectivity index (χ2v) is 3.39. The summed E-state index contributed by atoms with van der Waals surface area (Å²) in [5, 5.41) is 1.06. The van der Waals surface area contributed by atoms with Gasteiger partial charge in [0.1, 0.15) is 0 Å². The first-order valence-electron chi connectivity index (χ1n) is 4.98. The Balaban J connectivity index is 2.32. The van der Waals surface area contributed by atoms with Crippen molar-refractivity contribution in [2.24, 2.45) is 0 Å². The molecular weight excluding hydrogens is 198 g/mol. The van der Waals surface area contributed by atoms with Crippen LogP contribution in [0, 0.1) is 6.20 Å². The van der Waals surface area contributed by atoms with E-state index >= 15 is 0 Å². The van der Waals surface area contributed by atoms with Crippen LogP contribution in [-0.4, -0.2) is 15.0 Å². The molecule has 1 radical (unpaired) electrons. The molecule has 1 aromatic carbocycles. The fourth-order valence-corrected chi connectivity index (χ4v) is 1.70. The monoisotopic (exact) mass is 206 g/mol. The van der Waals surface area contributed by atoms with Crippen molar-refractivity contribution in [1.29, 1.82) is 0 Å². The number of fused-ring (bicyclic) bond motifs is 1. The van der Waals surface area contributed by atoms with E-state index in [1.165, 1.54) is 0 Å². The minimum atomic E-state index is 0.682. The van der Waals surface area contributed by atoms with Gasteiger partial charge in [-0.2, -0.15) is 0 Å². The Hall–Kier alpha value is -2.29. The highest BCUT2D eigenvalue weighted by Crippen LogP contribution is 2.23. The quantitative estimate of drug-likeness (QED) is 0.614. The summed E-state index contributed by atoms with van der Waals surface area (Å²) < 4.78 is 0. The molecule has 0 saturated heterocycles. The zero-order valence-electron chi connectivity index (χ0n) is 8.46. The highest BCUT2D eigenvalue weighted by Gasteiger charge is 2.05. The topological polar surface area (TPSA) is 38.7 Å². The first-order valence-corrected chi connectivity index (χ1v) is 4.98. The van der Waals surface area contributed by atoms with Crippen LogP contribution in [0.1, 0.15) is 0 Å². The van der Waals surface area contributed by atoms with Gasteiger partial charge in [0, 0.05) is 23.3 Å². The second kappa shape index (κ2) is 3.70. The number of hydrogen-bond donors (Lipinski definition) is 0. The molecule has 3 aromatic rings. The van der Waals surface area contributed by atoms with Gasteiger partial charge in [-0.1, -0.05) is 18.2 Å². The fraction of sp³-hybridized carbons (Fsp3) is 0. The van der Waals surface area contributed by atoms with Crippen LogP contribution in [0.4, 0.5) is 0 Å². The van der Waals surface area contributed by atoms with Crippen LogP contribution in [0.2, 0.25) is 0 Å². The van der Waals surface area contributed by atoms with Gasteiger partial charge in [0.05, 0.1) is 11.7 Å². The van der Waals surface area contributed by atoms with Crippen molar-refractivity contribution in [2.75, 3.05) is 0 Å². The van der Waals surface area contributed by atoms with E-state index in [2.05, 4.69) is 21.1 Å². The maximum atomic E-state index is 4.30. The van der Waals surface area contributed by atoms with Gasteiger partial charge in [-0.3, -0.25) is 4.98 Å². The molecule has 0 aliphatic carbocycles. The number of pyridine rings is 1. The van der Waals surface area contributed by atoms with E-state index in [4.69, 9.17) is 0 Å². The van der Waals surface area contributed by atoms with Crippen molar-refractivity contribution >= 4 is 10.9 Å². The third-order valence-electron chi connectivity index (χ3n) is 2.40. The van der Waals surface area contributed by atoms with Gasteiger partial charge < -0.3 is 0 Å². The van der Waals surface area contributed by atoms with Gasteiger partial charge >= 0.3 is 0 Å². The minimum absolute atomic E-state index is 0.682. The lowest BCUT2D eigenvalue weighted by molar-refractivity contribution is 1.17. The molecule has 0 N–H and O–H groups in total. The predicted molar refractivity (Wildman–Crippen MR) is 61.6 cm³/mol. The molecule has 0 unspecified atom stereocenters. The Morgan fingerprint density at radius 3 is 2.81 bits per heavy atom. The van der Waals surface area contributed by atoms with Gasteiger partial charge in [-0.25, -0.2) is 9.97 Å².